The topological polar surface area (TPSA) is 46.2 Å². The molecule has 0 spiro atoms. The average Bonchev–Trinajstić information content (AvgIpc) is 2.47. The summed E-state index contributed by atoms with van der Waals surface area (Å²) in [5.41, 5.74) is 8.68. The van der Waals surface area contributed by atoms with Gasteiger partial charge in [0, 0.05) is 0 Å². The number of aliphatic hydroxyl groups excluding tert-OH is 1. The van der Waals surface area contributed by atoms with Crippen molar-refractivity contribution < 1.29 is 5.11 Å². The standard InChI is InChI=1S/C16H19NO/c1-12(11-17)13-7-9-15(10-8-13)16(18)14-5-3-2-4-6-14/h2-10,12,16,18H,11,17H2,1H3. The molecular formula is C16H19NO. The summed E-state index contributed by atoms with van der Waals surface area (Å²) in [5, 5.41) is 10.3. The Hall–Kier alpha value is -1.64. The van der Waals surface area contributed by atoms with E-state index < -0.39 is 6.10 Å². The molecule has 2 heteroatoms. The molecular weight excluding hydrogens is 222 g/mol. The zero-order valence-corrected chi connectivity index (χ0v) is 10.6. The Balaban J connectivity index is 2.19. The lowest BCUT2D eigenvalue weighted by Crippen LogP contribution is -2.09. The molecule has 0 fully saturated rings. The molecule has 0 saturated heterocycles. The zero-order chi connectivity index (χ0) is 13.0. The van der Waals surface area contributed by atoms with E-state index in [0.29, 0.717) is 12.5 Å². The van der Waals surface area contributed by atoms with Crippen LogP contribution in [0.15, 0.2) is 54.6 Å². The SMILES string of the molecule is CC(CN)c1ccc(C(O)c2ccccc2)cc1. The van der Waals surface area contributed by atoms with Crippen molar-refractivity contribution in [2.24, 2.45) is 5.73 Å². The number of hydrogen-bond acceptors (Lipinski definition) is 2. The van der Waals surface area contributed by atoms with Crippen molar-refractivity contribution >= 4 is 0 Å². The third-order valence-corrected chi connectivity index (χ3v) is 3.29. The summed E-state index contributed by atoms with van der Waals surface area (Å²) in [4.78, 5) is 0. The van der Waals surface area contributed by atoms with Crippen LogP contribution in [0.25, 0.3) is 0 Å². The molecule has 94 valence electrons. The Morgan fingerprint density at radius 3 is 1.94 bits per heavy atom. The van der Waals surface area contributed by atoms with Gasteiger partial charge < -0.3 is 10.8 Å². The van der Waals surface area contributed by atoms with E-state index in [1.54, 1.807) is 0 Å². The second-order valence-electron chi connectivity index (χ2n) is 4.62. The fraction of sp³-hybridized carbons (Fsp3) is 0.250. The first-order chi connectivity index (χ1) is 8.72. The van der Waals surface area contributed by atoms with Crippen molar-refractivity contribution in [3.63, 3.8) is 0 Å². The predicted molar refractivity (Wildman–Crippen MR) is 74.4 cm³/mol. The van der Waals surface area contributed by atoms with Gasteiger partial charge in [-0.05, 0) is 29.2 Å². The summed E-state index contributed by atoms with van der Waals surface area (Å²) < 4.78 is 0. The van der Waals surface area contributed by atoms with Gasteiger partial charge >= 0.3 is 0 Å². The summed E-state index contributed by atoms with van der Waals surface area (Å²) in [6.07, 6.45) is -0.562. The predicted octanol–water partition coefficient (Wildman–Crippen LogP) is 2.83. The summed E-state index contributed by atoms with van der Waals surface area (Å²) in [5.74, 6) is 0.355. The zero-order valence-electron chi connectivity index (χ0n) is 10.6. The van der Waals surface area contributed by atoms with Crippen LogP contribution in [-0.4, -0.2) is 11.7 Å². The second-order valence-corrected chi connectivity index (χ2v) is 4.62. The lowest BCUT2D eigenvalue weighted by atomic mass is 9.96. The van der Waals surface area contributed by atoms with E-state index in [9.17, 15) is 5.11 Å². The van der Waals surface area contributed by atoms with Gasteiger partial charge in [0.05, 0.1) is 0 Å². The molecule has 0 radical (unpaired) electrons. The molecule has 2 unspecified atom stereocenters. The summed E-state index contributed by atoms with van der Waals surface area (Å²) in [7, 11) is 0. The molecule has 2 nitrogen and oxygen atoms in total. The van der Waals surface area contributed by atoms with E-state index in [4.69, 9.17) is 5.73 Å². The van der Waals surface area contributed by atoms with Crippen LogP contribution in [0.2, 0.25) is 0 Å². The summed E-state index contributed by atoms with van der Waals surface area (Å²) in [6.45, 7) is 2.74. The Labute approximate surface area is 108 Å². The molecule has 3 N–H and O–H groups in total. The van der Waals surface area contributed by atoms with Gasteiger partial charge in [0.1, 0.15) is 6.10 Å². The minimum atomic E-state index is -0.562. The van der Waals surface area contributed by atoms with Crippen LogP contribution in [0.3, 0.4) is 0 Å². The minimum Gasteiger partial charge on any atom is -0.384 e. The van der Waals surface area contributed by atoms with Gasteiger partial charge in [0.25, 0.3) is 0 Å². The number of benzene rings is 2. The Morgan fingerprint density at radius 1 is 0.889 bits per heavy atom. The van der Waals surface area contributed by atoms with Crippen LogP contribution in [0.1, 0.15) is 35.6 Å². The van der Waals surface area contributed by atoms with E-state index in [0.717, 1.165) is 11.1 Å². The maximum Gasteiger partial charge on any atom is 0.104 e. The molecule has 0 aromatic heterocycles. The fourth-order valence-corrected chi connectivity index (χ4v) is 1.97. The minimum absolute atomic E-state index is 0.355. The van der Waals surface area contributed by atoms with Gasteiger partial charge in [-0.15, -0.1) is 0 Å². The van der Waals surface area contributed by atoms with Gasteiger partial charge in [-0.1, -0.05) is 61.5 Å². The largest absolute Gasteiger partial charge is 0.384 e. The molecule has 2 atom stereocenters. The Bertz CT molecular complexity index is 478. The first-order valence-electron chi connectivity index (χ1n) is 6.25. The van der Waals surface area contributed by atoms with E-state index in [2.05, 4.69) is 6.92 Å². The van der Waals surface area contributed by atoms with Gasteiger partial charge in [0.2, 0.25) is 0 Å². The third kappa shape index (κ3) is 2.78. The molecule has 0 aliphatic heterocycles. The molecule has 0 heterocycles. The molecule has 18 heavy (non-hydrogen) atoms. The first-order valence-corrected chi connectivity index (χ1v) is 6.25. The summed E-state index contributed by atoms with van der Waals surface area (Å²) >= 11 is 0. The van der Waals surface area contributed by atoms with E-state index in [1.807, 2.05) is 54.6 Å². The third-order valence-electron chi connectivity index (χ3n) is 3.29. The molecule has 0 bridgehead atoms. The lowest BCUT2D eigenvalue weighted by Gasteiger charge is -2.14. The highest BCUT2D eigenvalue weighted by Crippen LogP contribution is 2.23. The van der Waals surface area contributed by atoms with Crippen LogP contribution in [0.4, 0.5) is 0 Å². The normalized spacial score (nSPS) is 14.2. The molecule has 0 aliphatic rings. The van der Waals surface area contributed by atoms with Crippen LogP contribution < -0.4 is 5.73 Å². The monoisotopic (exact) mass is 241 g/mol. The maximum absolute atomic E-state index is 10.3. The van der Waals surface area contributed by atoms with Gasteiger partial charge in [-0.2, -0.15) is 0 Å². The van der Waals surface area contributed by atoms with Crippen molar-refractivity contribution in [2.45, 2.75) is 18.9 Å². The van der Waals surface area contributed by atoms with Crippen molar-refractivity contribution in [3.05, 3.63) is 71.3 Å². The molecule has 2 aromatic rings. The van der Waals surface area contributed by atoms with Crippen molar-refractivity contribution in [1.82, 2.24) is 0 Å². The Kier molecular flexibility index (Phi) is 4.13. The highest BCUT2D eigenvalue weighted by Gasteiger charge is 2.10. The quantitative estimate of drug-likeness (QED) is 0.864. The molecule has 0 saturated carbocycles. The van der Waals surface area contributed by atoms with Crippen LogP contribution in [0, 0.1) is 0 Å². The van der Waals surface area contributed by atoms with Crippen molar-refractivity contribution in [1.29, 1.82) is 0 Å². The first kappa shape index (κ1) is 12.8. The van der Waals surface area contributed by atoms with Crippen LogP contribution >= 0.6 is 0 Å². The highest BCUT2D eigenvalue weighted by molar-refractivity contribution is 5.32. The van der Waals surface area contributed by atoms with Crippen LogP contribution in [0.5, 0.6) is 0 Å². The summed E-state index contributed by atoms with van der Waals surface area (Å²) in [6, 6.07) is 17.7. The fourth-order valence-electron chi connectivity index (χ4n) is 1.97. The van der Waals surface area contributed by atoms with Gasteiger partial charge in [-0.25, -0.2) is 0 Å². The molecule has 2 rings (SSSR count). The maximum atomic E-state index is 10.3. The lowest BCUT2D eigenvalue weighted by molar-refractivity contribution is 0.220. The van der Waals surface area contributed by atoms with Crippen molar-refractivity contribution in [3.8, 4) is 0 Å². The van der Waals surface area contributed by atoms with Crippen molar-refractivity contribution in [2.75, 3.05) is 6.54 Å². The average molecular weight is 241 g/mol. The van der Waals surface area contributed by atoms with Gasteiger partial charge in [-0.3, -0.25) is 0 Å². The molecule has 0 aliphatic carbocycles. The van der Waals surface area contributed by atoms with E-state index in [-0.39, 0.29) is 0 Å². The highest BCUT2D eigenvalue weighted by atomic mass is 16.3. The number of nitrogens with two attached hydrogens (primary N) is 1. The Morgan fingerprint density at radius 2 is 1.39 bits per heavy atom. The van der Waals surface area contributed by atoms with E-state index >= 15 is 0 Å². The number of rotatable bonds is 4. The van der Waals surface area contributed by atoms with Crippen LogP contribution in [-0.2, 0) is 0 Å². The second kappa shape index (κ2) is 5.80. The van der Waals surface area contributed by atoms with Gasteiger partial charge in [0.15, 0.2) is 0 Å². The van der Waals surface area contributed by atoms with E-state index in [1.165, 1.54) is 5.56 Å². The number of aliphatic hydroxyl groups is 1. The molecule has 2 aromatic carbocycles. The number of hydrogen-bond donors (Lipinski definition) is 2. The smallest absolute Gasteiger partial charge is 0.104 e. The molecule has 0 amide bonds.